The predicted octanol–water partition coefficient (Wildman–Crippen LogP) is 1.45. The Kier molecular flexibility index (Phi) is 5.52. The average molecular weight is 423 g/mol. The van der Waals surface area contributed by atoms with Crippen LogP contribution >= 0.6 is 0 Å². The van der Waals surface area contributed by atoms with Crippen LogP contribution in [0.25, 0.3) is 0 Å². The first-order chi connectivity index (χ1) is 13.9. The highest BCUT2D eigenvalue weighted by Gasteiger charge is 2.32. The highest BCUT2D eigenvalue weighted by atomic mass is 32.2. The van der Waals surface area contributed by atoms with Gasteiger partial charge in [0, 0.05) is 26.2 Å². The first-order valence-electron chi connectivity index (χ1n) is 9.59. The number of aryl methyl sites for hydroxylation is 2. The van der Waals surface area contributed by atoms with Gasteiger partial charge in [-0.1, -0.05) is 11.2 Å². The molecule has 0 unspecified atom stereocenters. The van der Waals surface area contributed by atoms with Crippen molar-refractivity contribution in [2.24, 2.45) is 0 Å². The summed E-state index contributed by atoms with van der Waals surface area (Å²) >= 11 is 0. The fourth-order valence-electron chi connectivity index (χ4n) is 3.81. The molecular weight excluding hydrogens is 398 g/mol. The number of ether oxygens (including phenoxy) is 2. The van der Waals surface area contributed by atoms with Gasteiger partial charge in [-0.3, -0.25) is 4.90 Å². The zero-order chi connectivity index (χ0) is 20.6. The van der Waals surface area contributed by atoms with Gasteiger partial charge >= 0.3 is 0 Å². The van der Waals surface area contributed by atoms with Crippen LogP contribution in [0, 0.1) is 13.8 Å². The number of rotatable bonds is 5. The molecule has 1 atom stereocenters. The van der Waals surface area contributed by atoms with Crippen molar-refractivity contribution in [1.29, 1.82) is 0 Å². The normalized spacial score (nSPS) is 19.3. The van der Waals surface area contributed by atoms with Crippen molar-refractivity contribution >= 4 is 10.0 Å². The maximum Gasteiger partial charge on any atom is 0.248 e. The van der Waals surface area contributed by atoms with Gasteiger partial charge in [0.2, 0.25) is 16.8 Å². The SMILES string of the molecule is Cc1noc(C)c1S(=O)(=O)N1CCCN(C[C@H](O)c2ccc3c(c2)OCO3)CC1. The van der Waals surface area contributed by atoms with Gasteiger partial charge in [-0.25, -0.2) is 8.42 Å². The van der Waals surface area contributed by atoms with Crippen molar-refractivity contribution in [3.63, 3.8) is 0 Å². The maximum absolute atomic E-state index is 13.0. The summed E-state index contributed by atoms with van der Waals surface area (Å²) in [5.41, 5.74) is 1.13. The van der Waals surface area contributed by atoms with E-state index in [1.807, 2.05) is 6.07 Å². The summed E-state index contributed by atoms with van der Waals surface area (Å²) in [6, 6.07) is 5.41. The highest BCUT2D eigenvalue weighted by Crippen LogP contribution is 2.34. The molecule has 29 heavy (non-hydrogen) atoms. The Morgan fingerprint density at radius 2 is 1.93 bits per heavy atom. The predicted molar refractivity (Wildman–Crippen MR) is 103 cm³/mol. The van der Waals surface area contributed by atoms with Crippen LogP contribution in [0.4, 0.5) is 0 Å². The Morgan fingerprint density at radius 1 is 1.14 bits per heavy atom. The van der Waals surface area contributed by atoms with Gasteiger partial charge in [0.1, 0.15) is 10.6 Å². The standard InChI is InChI=1S/C19H25N3O6S/c1-13-19(14(2)28-20-13)29(24,25)22-7-3-6-21(8-9-22)11-16(23)15-4-5-17-18(10-15)27-12-26-17/h4-5,10,16,23H,3,6-9,11-12H2,1-2H3/t16-/m0/s1. The Hall–Kier alpha value is -2.14. The second-order valence-corrected chi connectivity index (χ2v) is 9.21. The Balaban J connectivity index is 1.41. The lowest BCUT2D eigenvalue weighted by Crippen LogP contribution is -2.36. The van der Waals surface area contributed by atoms with E-state index in [0.717, 1.165) is 5.56 Å². The monoisotopic (exact) mass is 423 g/mol. The minimum atomic E-state index is -3.66. The second kappa shape index (κ2) is 7.94. The van der Waals surface area contributed by atoms with E-state index in [1.54, 1.807) is 26.0 Å². The number of aliphatic hydroxyl groups excluding tert-OH is 1. The Bertz CT molecular complexity index is 970. The Morgan fingerprint density at radius 3 is 2.69 bits per heavy atom. The van der Waals surface area contributed by atoms with Gasteiger partial charge in [0.05, 0.1) is 6.10 Å². The van der Waals surface area contributed by atoms with Crippen LogP contribution in [-0.4, -0.2) is 67.4 Å². The molecule has 0 bridgehead atoms. The van der Waals surface area contributed by atoms with E-state index >= 15 is 0 Å². The minimum Gasteiger partial charge on any atom is -0.454 e. The largest absolute Gasteiger partial charge is 0.454 e. The number of fused-ring (bicyclic) bond motifs is 1. The first kappa shape index (κ1) is 20.1. The fourth-order valence-corrected chi connectivity index (χ4v) is 5.57. The zero-order valence-corrected chi connectivity index (χ0v) is 17.3. The summed E-state index contributed by atoms with van der Waals surface area (Å²) in [4.78, 5) is 2.24. The number of aliphatic hydroxyl groups is 1. The summed E-state index contributed by atoms with van der Waals surface area (Å²) in [7, 11) is -3.66. The smallest absolute Gasteiger partial charge is 0.248 e. The molecule has 2 aliphatic rings. The number of benzene rings is 1. The van der Waals surface area contributed by atoms with E-state index in [-0.39, 0.29) is 11.7 Å². The van der Waals surface area contributed by atoms with Gasteiger partial charge in [-0.05, 0) is 44.5 Å². The molecule has 0 saturated carbocycles. The summed E-state index contributed by atoms with van der Waals surface area (Å²) in [6.07, 6.45) is -0.0218. The third-order valence-electron chi connectivity index (χ3n) is 5.33. The van der Waals surface area contributed by atoms with E-state index < -0.39 is 16.1 Å². The van der Waals surface area contributed by atoms with Crippen molar-refractivity contribution in [3.05, 3.63) is 35.2 Å². The van der Waals surface area contributed by atoms with Crippen LogP contribution in [0.2, 0.25) is 0 Å². The summed E-state index contributed by atoms with van der Waals surface area (Å²) in [5, 5.41) is 14.4. The molecule has 1 fully saturated rings. The third-order valence-corrected chi connectivity index (χ3v) is 7.47. The van der Waals surface area contributed by atoms with Gasteiger partial charge in [-0.15, -0.1) is 0 Å². The van der Waals surface area contributed by atoms with Crippen LogP contribution in [0.15, 0.2) is 27.6 Å². The van der Waals surface area contributed by atoms with Crippen molar-refractivity contribution in [2.75, 3.05) is 39.5 Å². The van der Waals surface area contributed by atoms with Crippen LogP contribution in [-0.2, 0) is 10.0 Å². The molecule has 0 spiro atoms. The molecule has 1 saturated heterocycles. The summed E-state index contributed by atoms with van der Waals surface area (Å²) in [6.45, 7) is 5.85. The molecule has 10 heteroatoms. The van der Waals surface area contributed by atoms with Crippen LogP contribution in [0.1, 0.15) is 29.5 Å². The van der Waals surface area contributed by atoms with Gasteiger partial charge in [-0.2, -0.15) is 4.31 Å². The second-order valence-electron chi connectivity index (χ2n) is 7.34. The quantitative estimate of drug-likeness (QED) is 0.770. The van der Waals surface area contributed by atoms with Gasteiger partial charge in [0.25, 0.3) is 0 Å². The van der Waals surface area contributed by atoms with E-state index in [4.69, 9.17) is 14.0 Å². The molecule has 2 aromatic rings. The lowest BCUT2D eigenvalue weighted by atomic mass is 10.1. The van der Waals surface area contributed by atoms with Crippen molar-refractivity contribution in [2.45, 2.75) is 31.3 Å². The lowest BCUT2D eigenvalue weighted by molar-refractivity contribution is 0.116. The van der Waals surface area contributed by atoms with Crippen LogP contribution < -0.4 is 9.47 Å². The van der Waals surface area contributed by atoms with Crippen LogP contribution in [0.5, 0.6) is 11.5 Å². The molecule has 4 rings (SSSR count). The zero-order valence-electron chi connectivity index (χ0n) is 16.5. The van der Waals surface area contributed by atoms with Crippen molar-refractivity contribution < 1.29 is 27.5 Å². The number of β-amino-alcohol motifs (C(OH)–C–C–N with tert-alkyl or cyclic N) is 1. The fraction of sp³-hybridized carbons (Fsp3) is 0.526. The van der Waals surface area contributed by atoms with Gasteiger partial charge in [0.15, 0.2) is 17.3 Å². The van der Waals surface area contributed by atoms with Crippen molar-refractivity contribution in [1.82, 2.24) is 14.4 Å². The molecule has 3 heterocycles. The molecule has 0 amide bonds. The van der Waals surface area contributed by atoms with Gasteiger partial charge < -0.3 is 19.1 Å². The van der Waals surface area contributed by atoms with E-state index in [1.165, 1.54) is 4.31 Å². The molecule has 0 aliphatic carbocycles. The number of nitrogens with zero attached hydrogens (tertiary/aromatic N) is 3. The molecule has 1 N–H and O–H groups in total. The number of hydrogen-bond acceptors (Lipinski definition) is 8. The molecule has 1 aromatic heterocycles. The number of sulfonamides is 1. The van der Waals surface area contributed by atoms with Crippen LogP contribution in [0.3, 0.4) is 0 Å². The molecule has 9 nitrogen and oxygen atoms in total. The molecule has 0 radical (unpaired) electrons. The summed E-state index contributed by atoms with van der Waals surface area (Å²) < 4.78 is 43.3. The number of aromatic nitrogens is 1. The van der Waals surface area contributed by atoms with E-state index in [9.17, 15) is 13.5 Å². The van der Waals surface area contributed by atoms with E-state index in [0.29, 0.717) is 62.1 Å². The van der Waals surface area contributed by atoms with Crippen molar-refractivity contribution in [3.8, 4) is 11.5 Å². The third kappa shape index (κ3) is 3.97. The average Bonchev–Trinajstić information content (AvgIpc) is 3.21. The minimum absolute atomic E-state index is 0.159. The lowest BCUT2D eigenvalue weighted by Gasteiger charge is -2.24. The molecular formula is C19H25N3O6S. The highest BCUT2D eigenvalue weighted by molar-refractivity contribution is 7.89. The first-order valence-corrected chi connectivity index (χ1v) is 11.0. The molecule has 158 valence electrons. The Labute approximate surface area is 169 Å². The molecule has 1 aromatic carbocycles. The molecule has 2 aliphatic heterocycles. The summed E-state index contributed by atoms with van der Waals surface area (Å²) in [5.74, 6) is 1.62. The topological polar surface area (TPSA) is 105 Å². The van der Waals surface area contributed by atoms with E-state index in [2.05, 4.69) is 10.1 Å². The maximum atomic E-state index is 13.0. The number of hydrogen-bond donors (Lipinski definition) is 1.